The molecule has 90 valence electrons. The van der Waals surface area contributed by atoms with E-state index in [0.717, 1.165) is 11.1 Å². The second kappa shape index (κ2) is 4.55. The van der Waals surface area contributed by atoms with Crippen molar-refractivity contribution in [2.45, 2.75) is 0 Å². The van der Waals surface area contributed by atoms with Gasteiger partial charge >= 0.3 is 0 Å². The Kier molecular flexibility index (Phi) is 3.10. The monoisotopic (exact) mass is 253 g/mol. The number of nitrogens with one attached hydrogen (secondary N) is 1. The second-order valence-corrected chi connectivity index (χ2v) is 3.79. The predicted octanol–water partition coefficient (Wildman–Crippen LogP) is 2.33. The SMILES string of the molecule is COc1cc(-c2cn[nH]c2N)c(OC)cc1Cl. The molecule has 0 aliphatic carbocycles. The fraction of sp³-hybridized carbons (Fsp3) is 0.182. The van der Waals surface area contributed by atoms with Crippen molar-refractivity contribution in [2.75, 3.05) is 20.0 Å². The average Bonchev–Trinajstić information content (AvgIpc) is 2.75. The molecule has 5 nitrogen and oxygen atoms in total. The molecule has 0 spiro atoms. The fourth-order valence-corrected chi connectivity index (χ4v) is 1.81. The van der Waals surface area contributed by atoms with Gasteiger partial charge in [0, 0.05) is 17.2 Å². The zero-order chi connectivity index (χ0) is 12.4. The van der Waals surface area contributed by atoms with Crippen LogP contribution >= 0.6 is 11.6 Å². The lowest BCUT2D eigenvalue weighted by Gasteiger charge is -2.11. The number of aromatic amines is 1. The quantitative estimate of drug-likeness (QED) is 0.881. The van der Waals surface area contributed by atoms with Crippen molar-refractivity contribution in [3.63, 3.8) is 0 Å². The topological polar surface area (TPSA) is 73.2 Å². The van der Waals surface area contributed by atoms with Gasteiger partial charge in [0.2, 0.25) is 0 Å². The summed E-state index contributed by atoms with van der Waals surface area (Å²) >= 11 is 6.02. The molecule has 0 fully saturated rings. The van der Waals surface area contributed by atoms with Gasteiger partial charge < -0.3 is 15.2 Å². The molecule has 0 saturated carbocycles. The maximum Gasteiger partial charge on any atom is 0.138 e. The number of methoxy groups -OCH3 is 2. The van der Waals surface area contributed by atoms with Gasteiger partial charge in [0.25, 0.3) is 0 Å². The number of aromatic nitrogens is 2. The Morgan fingerprint density at radius 3 is 2.41 bits per heavy atom. The Morgan fingerprint density at radius 1 is 1.18 bits per heavy atom. The predicted molar refractivity (Wildman–Crippen MR) is 66.6 cm³/mol. The van der Waals surface area contributed by atoms with Crippen LogP contribution in [-0.4, -0.2) is 24.4 Å². The van der Waals surface area contributed by atoms with E-state index in [0.29, 0.717) is 22.3 Å². The van der Waals surface area contributed by atoms with E-state index in [4.69, 9.17) is 26.8 Å². The summed E-state index contributed by atoms with van der Waals surface area (Å²) in [6, 6.07) is 3.45. The van der Waals surface area contributed by atoms with Crippen LogP contribution in [0.15, 0.2) is 18.3 Å². The van der Waals surface area contributed by atoms with Crippen LogP contribution in [-0.2, 0) is 0 Å². The number of benzene rings is 1. The molecule has 0 saturated heterocycles. The zero-order valence-corrected chi connectivity index (χ0v) is 10.2. The van der Waals surface area contributed by atoms with E-state index in [9.17, 15) is 0 Å². The summed E-state index contributed by atoms with van der Waals surface area (Å²) in [5.74, 6) is 1.64. The maximum atomic E-state index is 6.02. The number of H-pyrrole nitrogens is 1. The molecule has 1 aromatic heterocycles. The first-order valence-corrected chi connectivity index (χ1v) is 5.26. The van der Waals surface area contributed by atoms with Crippen LogP contribution in [0, 0.1) is 0 Å². The highest BCUT2D eigenvalue weighted by Crippen LogP contribution is 2.39. The van der Waals surface area contributed by atoms with E-state index in [1.54, 1.807) is 32.5 Å². The van der Waals surface area contributed by atoms with Gasteiger partial charge in [-0.05, 0) is 6.07 Å². The van der Waals surface area contributed by atoms with Crippen molar-refractivity contribution >= 4 is 17.4 Å². The third-order valence-corrected chi connectivity index (χ3v) is 2.73. The van der Waals surface area contributed by atoms with Gasteiger partial charge in [0.1, 0.15) is 17.3 Å². The van der Waals surface area contributed by atoms with Crippen LogP contribution in [0.2, 0.25) is 5.02 Å². The summed E-state index contributed by atoms with van der Waals surface area (Å²) in [5.41, 5.74) is 7.30. The van der Waals surface area contributed by atoms with Gasteiger partial charge in [-0.15, -0.1) is 0 Å². The largest absolute Gasteiger partial charge is 0.496 e. The number of hydrogen-bond acceptors (Lipinski definition) is 4. The molecule has 1 aromatic carbocycles. The van der Waals surface area contributed by atoms with E-state index >= 15 is 0 Å². The highest BCUT2D eigenvalue weighted by Gasteiger charge is 2.14. The summed E-state index contributed by atoms with van der Waals surface area (Å²) in [7, 11) is 3.12. The number of rotatable bonds is 3. The standard InChI is InChI=1S/C11H12ClN3O2/c1-16-9-4-8(12)10(17-2)3-6(9)7-5-14-15-11(7)13/h3-5H,1-2H3,(H3,13,14,15). The van der Waals surface area contributed by atoms with Crippen molar-refractivity contribution in [1.29, 1.82) is 0 Å². The van der Waals surface area contributed by atoms with Crippen LogP contribution in [0.25, 0.3) is 11.1 Å². The van der Waals surface area contributed by atoms with Crippen molar-refractivity contribution in [2.24, 2.45) is 0 Å². The Bertz CT molecular complexity index is 540. The second-order valence-electron chi connectivity index (χ2n) is 3.38. The number of nitrogen functional groups attached to an aromatic ring is 1. The highest BCUT2D eigenvalue weighted by molar-refractivity contribution is 6.32. The number of anilines is 1. The van der Waals surface area contributed by atoms with Crippen molar-refractivity contribution < 1.29 is 9.47 Å². The van der Waals surface area contributed by atoms with Crippen molar-refractivity contribution in [3.05, 3.63) is 23.4 Å². The molecule has 0 amide bonds. The molecule has 17 heavy (non-hydrogen) atoms. The molecule has 6 heteroatoms. The van der Waals surface area contributed by atoms with E-state index in [1.807, 2.05) is 0 Å². The Hall–Kier alpha value is -1.88. The van der Waals surface area contributed by atoms with Gasteiger partial charge in [-0.3, -0.25) is 5.10 Å². The molecular weight excluding hydrogens is 242 g/mol. The summed E-state index contributed by atoms with van der Waals surface area (Å²) in [6.45, 7) is 0. The molecule has 3 N–H and O–H groups in total. The lowest BCUT2D eigenvalue weighted by Crippen LogP contribution is -1.93. The number of nitrogens with two attached hydrogens (primary N) is 1. The van der Waals surface area contributed by atoms with Gasteiger partial charge in [-0.25, -0.2) is 0 Å². The van der Waals surface area contributed by atoms with E-state index < -0.39 is 0 Å². The van der Waals surface area contributed by atoms with Crippen molar-refractivity contribution in [1.82, 2.24) is 10.2 Å². The molecule has 2 rings (SSSR count). The first-order chi connectivity index (χ1) is 8.17. The molecule has 0 unspecified atom stereocenters. The minimum atomic E-state index is 0.465. The Labute approximate surface area is 103 Å². The molecule has 0 atom stereocenters. The van der Waals surface area contributed by atoms with Gasteiger partial charge in [0.15, 0.2) is 0 Å². The van der Waals surface area contributed by atoms with Crippen LogP contribution in [0.1, 0.15) is 0 Å². The Morgan fingerprint density at radius 2 is 1.88 bits per heavy atom. The molecule has 2 aromatic rings. The third-order valence-electron chi connectivity index (χ3n) is 2.43. The Balaban J connectivity index is 2.63. The lowest BCUT2D eigenvalue weighted by atomic mass is 10.1. The summed E-state index contributed by atoms with van der Waals surface area (Å²) in [5, 5.41) is 7.02. The van der Waals surface area contributed by atoms with E-state index in [1.165, 1.54) is 0 Å². The smallest absolute Gasteiger partial charge is 0.138 e. The van der Waals surface area contributed by atoms with Gasteiger partial charge in [-0.1, -0.05) is 11.6 Å². The molecule has 0 radical (unpaired) electrons. The van der Waals surface area contributed by atoms with Crippen LogP contribution in [0.4, 0.5) is 5.82 Å². The summed E-state index contributed by atoms with van der Waals surface area (Å²) in [6.07, 6.45) is 1.63. The van der Waals surface area contributed by atoms with Crippen LogP contribution < -0.4 is 15.2 Å². The maximum absolute atomic E-state index is 6.02. The minimum Gasteiger partial charge on any atom is -0.496 e. The fourth-order valence-electron chi connectivity index (χ4n) is 1.58. The molecule has 0 aliphatic rings. The first kappa shape index (κ1) is 11.6. The zero-order valence-electron chi connectivity index (χ0n) is 9.45. The molecular formula is C11H12ClN3O2. The van der Waals surface area contributed by atoms with E-state index in [2.05, 4.69) is 10.2 Å². The number of halogens is 1. The average molecular weight is 254 g/mol. The summed E-state index contributed by atoms with van der Waals surface area (Å²) < 4.78 is 10.4. The number of hydrogen-bond donors (Lipinski definition) is 2. The van der Waals surface area contributed by atoms with Crippen molar-refractivity contribution in [3.8, 4) is 22.6 Å². The minimum absolute atomic E-state index is 0.465. The van der Waals surface area contributed by atoms with E-state index in [-0.39, 0.29) is 0 Å². The summed E-state index contributed by atoms with van der Waals surface area (Å²) in [4.78, 5) is 0. The molecule has 1 heterocycles. The third kappa shape index (κ3) is 2.01. The normalized spacial score (nSPS) is 10.3. The van der Waals surface area contributed by atoms with Crippen LogP contribution in [0.3, 0.4) is 0 Å². The number of ether oxygens (including phenoxy) is 2. The lowest BCUT2D eigenvalue weighted by molar-refractivity contribution is 0.404. The first-order valence-electron chi connectivity index (χ1n) is 4.88. The molecule has 0 aliphatic heterocycles. The van der Waals surface area contributed by atoms with Gasteiger partial charge in [-0.2, -0.15) is 5.10 Å². The molecule has 0 bridgehead atoms. The van der Waals surface area contributed by atoms with Crippen LogP contribution in [0.5, 0.6) is 11.5 Å². The number of nitrogens with zero attached hydrogens (tertiary/aromatic N) is 1. The highest BCUT2D eigenvalue weighted by atomic mass is 35.5. The van der Waals surface area contributed by atoms with Gasteiger partial charge in [0.05, 0.1) is 25.4 Å².